The average molecular weight is 534 g/mol. The molecule has 0 bridgehead atoms. The topological polar surface area (TPSA) is 69.6 Å². The van der Waals surface area contributed by atoms with E-state index >= 15 is 0 Å². The van der Waals surface area contributed by atoms with E-state index in [-0.39, 0.29) is 24.0 Å². The van der Waals surface area contributed by atoms with Crippen LogP contribution >= 0.6 is 24.0 Å². The van der Waals surface area contributed by atoms with Crippen molar-refractivity contribution in [3.8, 4) is 11.5 Å². The van der Waals surface area contributed by atoms with Gasteiger partial charge in [-0.05, 0) is 50.0 Å². The van der Waals surface area contributed by atoms with Crippen LogP contribution in [0.3, 0.4) is 0 Å². The third-order valence-electron chi connectivity index (χ3n) is 5.54. The van der Waals surface area contributed by atoms with Crippen LogP contribution in [0.5, 0.6) is 11.5 Å². The molecule has 1 fully saturated rings. The molecule has 2 rings (SSSR count). The average Bonchev–Trinajstić information content (AvgIpc) is 3.22. The molecule has 1 aromatic rings. The molecule has 2 atom stereocenters. The summed E-state index contributed by atoms with van der Waals surface area (Å²) in [5.74, 6) is 2.80. The fourth-order valence-electron chi connectivity index (χ4n) is 3.79. The third-order valence-corrected chi connectivity index (χ3v) is 5.54. The number of aliphatic hydroxyl groups is 1. The second-order valence-electron chi connectivity index (χ2n) is 7.41. The van der Waals surface area contributed by atoms with Gasteiger partial charge in [0.05, 0.1) is 26.9 Å². The van der Waals surface area contributed by atoms with Crippen molar-refractivity contribution in [3.05, 3.63) is 23.8 Å². The summed E-state index contributed by atoms with van der Waals surface area (Å²) in [6, 6.07) is 5.47. The number of likely N-dealkylation sites (tertiary alicyclic amines) is 1. The summed E-state index contributed by atoms with van der Waals surface area (Å²) in [6.07, 6.45) is 0.483. The Kier molecular flexibility index (Phi) is 12.4. The first-order valence-electron chi connectivity index (χ1n) is 10.7. The van der Waals surface area contributed by atoms with Crippen LogP contribution in [-0.2, 0) is 0 Å². The van der Waals surface area contributed by atoms with E-state index in [2.05, 4.69) is 35.9 Å². The molecule has 2 unspecified atom stereocenters. The molecular formula is C22H39IN4O3. The van der Waals surface area contributed by atoms with Crippen molar-refractivity contribution >= 4 is 29.9 Å². The zero-order valence-electron chi connectivity index (χ0n) is 19.1. The predicted octanol–water partition coefficient (Wildman–Crippen LogP) is 2.98. The van der Waals surface area contributed by atoms with E-state index in [1.165, 1.54) is 6.42 Å². The SMILES string of the molecule is CCNC(=NCC(O)c1ccc(OC)c(OC)c1)N1CCC(CN(CC)CC)C1.I. The molecule has 0 spiro atoms. The van der Waals surface area contributed by atoms with Crippen molar-refractivity contribution in [2.24, 2.45) is 10.9 Å². The molecule has 1 saturated heterocycles. The molecule has 1 aliphatic heterocycles. The summed E-state index contributed by atoms with van der Waals surface area (Å²) < 4.78 is 10.6. The monoisotopic (exact) mass is 534 g/mol. The number of nitrogens with one attached hydrogen (secondary N) is 1. The highest BCUT2D eigenvalue weighted by molar-refractivity contribution is 14.0. The van der Waals surface area contributed by atoms with E-state index in [0.717, 1.165) is 50.8 Å². The number of rotatable bonds is 10. The van der Waals surface area contributed by atoms with Gasteiger partial charge >= 0.3 is 0 Å². The first kappa shape index (κ1) is 26.8. The van der Waals surface area contributed by atoms with Crippen molar-refractivity contribution in [1.29, 1.82) is 0 Å². The lowest BCUT2D eigenvalue weighted by atomic mass is 10.1. The molecule has 2 N–H and O–H groups in total. The minimum atomic E-state index is -0.697. The summed E-state index contributed by atoms with van der Waals surface area (Å²) >= 11 is 0. The lowest BCUT2D eigenvalue weighted by Crippen LogP contribution is -2.41. The van der Waals surface area contributed by atoms with Crippen LogP contribution in [0.4, 0.5) is 0 Å². The number of guanidine groups is 1. The first-order chi connectivity index (χ1) is 14.1. The van der Waals surface area contributed by atoms with Crippen molar-refractivity contribution < 1.29 is 14.6 Å². The first-order valence-corrected chi connectivity index (χ1v) is 10.7. The highest BCUT2D eigenvalue weighted by Crippen LogP contribution is 2.30. The summed E-state index contributed by atoms with van der Waals surface area (Å²) in [6.45, 7) is 13.0. The summed E-state index contributed by atoms with van der Waals surface area (Å²) in [5, 5.41) is 14.0. The second-order valence-corrected chi connectivity index (χ2v) is 7.41. The Hall–Kier alpha value is -1.26. The van der Waals surface area contributed by atoms with Gasteiger partial charge in [0.1, 0.15) is 0 Å². The zero-order chi connectivity index (χ0) is 21.2. The molecule has 0 aromatic heterocycles. The van der Waals surface area contributed by atoms with Crippen LogP contribution in [0.25, 0.3) is 0 Å². The number of hydrogen-bond acceptors (Lipinski definition) is 5. The highest BCUT2D eigenvalue weighted by Gasteiger charge is 2.26. The Balaban J connectivity index is 0.00000450. The summed E-state index contributed by atoms with van der Waals surface area (Å²) in [4.78, 5) is 9.52. The summed E-state index contributed by atoms with van der Waals surface area (Å²) in [7, 11) is 3.20. The van der Waals surface area contributed by atoms with Crippen molar-refractivity contribution in [2.45, 2.75) is 33.3 Å². The fourth-order valence-corrected chi connectivity index (χ4v) is 3.79. The lowest BCUT2D eigenvalue weighted by Gasteiger charge is -2.24. The molecule has 0 aliphatic carbocycles. The molecule has 1 aliphatic rings. The Morgan fingerprint density at radius 2 is 1.93 bits per heavy atom. The fraction of sp³-hybridized carbons (Fsp3) is 0.682. The number of aliphatic imine (C=N–C) groups is 1. The molecule has 0 saturated carbocycles. The maximum Gasteiger partial charge on any atom is 0.194 e. The normalized spacial score (nSPS) is 17.6. The minimum absolute atomic E-state index is 0. The molecule has 1 heterocycles. The van der Waals surface area contributed by atoms with E-state index in [4.69, 9.17) is 14.5 Å². The van der Waals surface area contributed by atoms with Crippen LogP contribution in [-0.4, -0.2) is 80.9 Å². The van der Waals surface area contributed by atoms with Crippen LogP contribution < -0.4 is 14.8 Å². The Morgan fingerprint density at radius 1 is 1.23 bits per heavy atom. The van der Waals surface area contributed by atoms with Crippen LogP contribution in [0, 0.1) is 5.92 Å². The maximum atomic E-state index is 10.6. The van der Waals surface area contributed by atoms with Gasteiger partial charge in [-0.25, -0.2) is 0 Å². The van der Waals surface area contributed by atoms with Gasteiger partial charge in [-0.1, -0.05) is 19.9 Å². The van der Waals surface area contributed by atoms with E-state index < -0.39 is 6.10 Å². The third kappa shape index (κ3) is 7.46. The van der Waals surface area contributed by atoms with Gasteiger partial charge in [-0.3, -0.25) is 4.99 Å². The molecule has 7 nitrogen and oxygen atoms in total. The number of aliphatic hydroxyl groups excluding tert-OH is 1. The van der Waals surface area contributed by atoms with E-state index in [1.807, 2.05) is 18.2 Å². The van der Waals surface area contributed by atoms with E-state index in [9.17, 15) is 5.11 Å². The van der Waals surface area contributed by atoms with Gasteiger partial charge in [0, 0.05) is 26.2 Å². The number of benzene rings is 1. The van der Waals surface area contributed by atoms with Crippen LogP contribution in [0.2, 0.25) is 0 Å². The molecule has 30 heavy (non-hydrogen) atoms. The standard InChI is InChI=1S/C22H38N4O3.HI/c1-6-23-22(26-12-11-17(16-26)15-25(7-2)8-3)24-14-19(27)18-9-10-20(28-4)21(13-18)29-5;/h9-10,13,17,19,27H,6-8,11-12,14-16H2,1-5H3,(H,23,24);1H. The minimum Gasteiger partial charge on any atom is -0.493 e. The number of halogens is 1. The number of ether oxygens (including phenoxy) is 2. The van der Waals surface area contributed by atoms with Gasteiger partial charge < -0.3 is 29.7 Å². The highest BCUT2D eigenvalue weighted by atomic mass is 127. The second kappa shape index (κ2) is 13.9. The van der Waals surface area contributed by atoms with Crippen LogP contribution in [0.15, 0.2) is 23.2 Å². The van der Waals surface area contributed by atoms with Crippen LogP contribution in [0.1, 0.15) is 38.9 Å². The Labute approximate surface area is 198 Å². The van der Waals surface area contributed by atoms with Crippen molar-refractivity contribution in [3.63, 3.8) is 0 Å². The van der Waals surface area contributed by atoms with E-state index in [1.54, 1.807) is 14.2 Å². The van der Waals surface area contributed by atoms with Gasteiger partial charge in [-0.15, -0.1) is 24.0 Å². The number of nitrogens with zero attached hydrogens (tertiary/aromatic N) is 3. The largest absolute Gasteiger partial charge is 0.493 e. The molecule has 0 amide bonds. The Bertz CT molecular complexity index is 655. The quantitative estimate of drug-likeness (QED) is 0.274. The van der Waals surface area contributed by atoms with Crippen molar-refractivity contribution in [1.82, 2.24) is 15.1 Å². The zero-order valence-corrected chi connectivity index (χ0v) is 21.4. The number of hydrogen-bond donors (Lipinski definition) is 2. The van der Waals surface area contributed by atoms with Gasteiger partial charge in [0.25, 0.3) is 0 Å². The van der Waals surface area contributed by atoms with Gasteiger partial charge in [-0.2, -0.15) is 0 Å². The van der Waals surface area contributed by atoms with Gasteiger partial charge in [0.2, 0.25) is 0 Å². The summed E-state index contributed by atoms with van der Waals surface area (Å²) in [5.41, 5.74) is 0.767. The Morgan fingerprint density at radius 3 is 2.53 bits per heavy atom. The molecule has 0 radical (unpaired) electrons. The van der Waals surface area contributed by atoms with Gasteiger partial charge in [0.15, 0.2) is 17.5 Å². The lowest BCUT2D eigenvalue weighted by molar-refractivity contribution is 0.186. The van der Waals surface area contributed by atoms with E-state index in [0.29, 0.717) is 24.0 Å². The smallest absolute Gasteiger partial charge is 0.194 e. The molecule has 1 aromatic carbocycles. The molecule has 8 heteroatoms. The molecule has 172 valence electrons. The maximum absolute atomic E-state index is 10.6. The molecular weight excluding hydrogens is 495 g/mol. The predicted molar refractivity (Wildman–Crippen MR) is 133 cm³/mol. The number of methoxy groups -OCH3 is 2. The van der Waals surface area contributed by atoms with Crippen molar-refractivity contribution in [2.75, 3.05) is 60.0 Å².